The average Bonchev–Trinajstić information content (AvgIpc) is 2.29. The highest BCUT2D eigenvalue weighted by Crippen LogP contribution is 2.29. The van der Waals surface area contributed by atoms with Crippen molar-refractivity contribution < 1.29 is 27.1 Å². The normalized spacial score (nSPS) is 10.1. The molecule has 3 nitrogen and oxygen atoms in total. The molecule has 0 bridgehead atoms. The maximum absolute atomic E-state index is 13.1. The Morgan fingerprint density at radius 1 is 1.06 bits per heavy atom. The molecule has 0 saturated heterocycles. The first-order chi connectivity index (χ1) is 7.40. The van der Waals surface area contributed by atoms with E-state index in [1.165, 1.54) is 0 Å². The molecule has 0 aliphatic rings. The minimum Gasteiger partial charge on any atom is -0.404 e. The smallest absolute Gasteiger partial charge is 0.404 e. The van der Waals surface area contributed by atoms with Crippen LogP contribution in [-0.2, 0) is 0 Å². The van der Waals surface area contributed by atoms with Gasteiger partial charge in [0.25, 0.3) is 0 Å². The molecule has 0 radical (unpaired) electrons. The van der Waals surface area contributed by atoms with Crippen molar-refractivity contribution in [2.75, 3.05) is 7.05 Å². The summed E-state index contributed by atoms with van der Waals surface area (Å²) < 4.78 is 56.3. The van der Waals surface area contributed by atoms with E-state index in [2.05, 4.69) is 4.74 Å². The fourth-order valence-electron chi connectivity index (χ4n) is 0.955. The van der Waals surface area contributed by atoms with Gasteiger partial charge in [0.1, 0.15) is 0 Å². The molecule has 0 aliphatic heterocycles. The number of amides is 1. The molecular formula is C9H7F4NO2. The average molecular weight is 237 g/mol. The second-order valence-corrected chi connectivity index (χ2v) is 2.85. The molecule has 7 heteroatoms. The Labute approximate surface area is 88.0 Å². The third kappa shape index (κ3) is 1.93. The molecule has 0 aromatic heterocycles. The van der Waals surface area contributed by atoms with Crippen molar-refractivity contribution in [1.29, 1.82) is 0 Å². The largest absolute Gasteiger partial charge is 0.412 e. The van der Waals surface area contributed by atoms with E-state index in [-0.39, 0.29) is 0 Å². The second-order valence-electron chi connectivity index (χ2n) is 2.85. The summed E-state index contributed by atoms with van der Waals surface area (Å²) in [5.41, 5.74) is -0.820. The van der Waals surface area contributed by atoms with Gasteiger partial charge in [0.15, 0.2) is 11.6 Å². The van der Waals surface area contributed by atoms with E-state index in [0.29, 0.717) is 0 Å². The molecule has 0 unspecified atom stereocenters. The van der Waals surface area contributed by atoms with Crippen LogP contribution in [0.3, 0.4) is 0 Å². The van der Waals surface area contributed by atoms with Crippen molar-refractivity contribution >= 4 is 6.09 Å². The molecule has 1 aromatic carbocycles. The third-order valence-corrected chi connectivity index (χ3v) is 1.84. The fraction of sp³-hybridized carbons (Fsp3) is 0.222. The Morgan fingerprint density at radius 2 is 1.50 bits per heavy atom. The zero-order valence-corrected chi connectivity index (χ0v) is 8.33. The van der Waals surface area contributed by atoms with Crippen molar-refractivity contribution in [3.8, 4) is 5.75 Å². The summed E-state index contributed by atoms with van der Waals surface area (Å²) in [7, 11) is 1.12. The topological polar surface area (TPSA) is 38.3 Å². The molecule has 0 spiro atoms. The summed E-state index contributed by atoms with van der Waals surface area (Å²) in [5, 5.41) is 1.88. The lowest BCUT2D eigenvalue weighted by Crippen LogP contribution is -2.23. The van der Waals surface area contributed by atoms with Crippen LogP contribution in [0.1, 0.15) is 5.56 Å². The van der Waals surface area contributed by atoms with Crippen LogP contribution in [0, 0.1) is 30.2 Å². The van der Waals surface area contributed by atoms with Crippen LogP contribution >= 0.6 is 0 Å². The highest BCUT2D eigenvalue weighted by molar-refractivity contribution is 5.70. The summed E-state index contributed by atoms with van der Waals surface area (Å²) in [6.07, 6.45) is -1.24. The zero-order chi connectivity index (χ0) is 12.5. The molecule has 1 rings (SSSR count). The quantitative estimate of drug-likeness (QED) is 0.601. The minimum atomic E-state index is -1.75. The van der Waals surface area contributed by atoms with Crippen molar-refractivity contribution in [1.82, 2.24) is 5.32 Å². The van der Waals surface area contributed by atoms with Gasteiger partial charge in [-0.2, -0.15) is 8.78 Å². The van der Waals surface area contributed by atoms with Gasteiger partial charge in [-0.1, -0.05) is 0 Å². The molecule has 0 atom stereocenters. The third-order valence-electron chi connectivity index (χ3n) is 1.84. The van der Waals surface area contributed by atoms with Crippen molar-refractivity contribution in [3.05, 3.63) is 28.8 Å². The molecule has 1 N–H and O–H groups in total. The van der Waals surface area contributed by atoms with Gasteiger partial charge in [0.2, 0.25) is 17.4 Å². The molecule has 1 aromatic rings. The van der Waals surface area contributed by atoms with Crippen LogP contribution in [0.4, 0.5) is 22.4 Å². The zero-order valence-electron chi connectivity index (χ0n) is 8.33. The number of nitrogens with one attached hydrogen (secondary N) is 1. The van der Waals surface area contributed by atoms with Gasteiger partial charge in [-0.3, -0.25) is 0 Å². The summed E-state index contributed by atoms with van der Waals surface area (Å²) in [4.78, 5) is 10.7. The molecule has 0 fully saturated rings. The van der Waals surface area contributed by atoms with Gasteiger partial charge < -0.3 is 10.1 Å². The molecule has 0 aliphatic carbocycles. The summed E-state index contributed by atoms with van der Waals surface area (Å²) in [6, 6.07) is 0. The standard InChI is InChI=1S/C9H7F4NO2/c1-3-4(10)6(12)8(7(13)5(3)11)16-9(15)14-2/h1-2H3,(H,14,15). The van der Waals surface area contributed by atoms with Gasteiger partial charge in [0, 0.05) is 12.6 Å². The maximum Gasteiger partial charge on any atom is 0.412 e. The first kappa shape index (κ1) is 12.3. The number of carbonyl (C=O) groups is 1. The van der Waals surface area contributed by atoms with Gasteiger partial charge >= 0.3 is 6.09 Å². The highest BCUT2D eigenvalue weighted by Gasteiger charge is 2.25. The number of hydrogen-bond donors (Lipinski definition) is 1. The first-order valence-corrected chi connectivity index (χ1v) is 4.12. The Balaban J connectivity index is 3.34. The van der Waals surface area contributed by atoms with Gasteiger partial charge in [0.05, 0.1) is 0 Å². The van der Waals surface area contributed by atoms with E-state index >= 15 is 0 Å². The monoisotopic (exact) mass is 237 g/mol. The number of benzene rings is 1. The molecule has 16 heavy (non-hydrogen) atoms. The van der Waals surface area contributed by atoms with E-state index in [9.17, 15) is 22.4 Å². The second kappa shape index (κ2) is 4.38. The fourth-order valence-corrected chi connectivity index (χ4v) is 0.955. The van der Waals surface area contributed by atoms with Crippen LogP contribution in [-0.4, -0.2) is 13.1 Å². The number of hydrogen-bond acceptors (Lipinski definition) is 2. The number of rotatable bonds is 1. The summed E-state index contributed by atoms with van der Waals surface area (Å²) in [5.74, 6) is -8.10. The summed E-state index contributed by atoms with van der Waals surface area (Å²) in [6.45, 7) is 0.862. The minimum absolute atomic E-state index is 0.820. The lowest BCUT2D eigenvalue weighted by Gasteiger charge is -2.09. The predicted octanol–water partition coefficient (Wildman–Crippen LogP) is 2.27. The van der Waals surface area contributed by atoms with E-state index in [0.717, 1.165) is 14.0 Å². The van der Waals surface area contributed by atoms with E-state index in [4.69, 9.17) is 0 Å². The van der Waals surface area contributed by atoms with Crippen molar-refractivity contribution in [2.24, 2.45) is 0 Å². The van der Waals surface area contributed by atoms with E-state index < -0.39 is 40.7 Å². The lowest BCUT2D eigenvalue weighted by atomic mass is 10.2. The first-order valence-electron chi connectivity index (χ1n) is 4.12. The highest BCUT2D eigenvalue weighted by atomic mass is 19.2. The predicted molar refractivity (Wildman–Crippen MR) is 46.1 cm³/mol. The number of halogens is 4. The van der Waals surface area contributed by atoms with Crippen LogP contribution in [0.15, 0.2) is 0 Å². The van der Waals surface area contributed by atoms with Crippen LogP contribution < -0.4 is 10.1 Å². The van der Waals surface area contributed by atoms with Gasteiger partial charge in [-0.15, -0.1) is 0 Å². The van der Waals surface area contributed by atoms with Gasteiger partial charge in [-0.25, -0.2) is 13.6 Å². The van der Waals surface area contributed by atoms with Crippen LogP contribution in [0.2, 0.25) is 0 Å². The summed E-state index contributed by atoms with van der Waals surface area (Å²) >= 11 is 0. The molecule has 88 valence electrons. The molecule has 0 heterocycles. The Hall–Kier alpha value is -1.79. The van der Waals surface area contributed by atoms with Crippen molar-refractivity contribution in [2.45, 2.75) is 6.92 Å². The van der Waals surface area contributed by atoms with Crippen LogP contribution in [0.5, 0.6) is 5.75 Å². The number of carbonyl (C=O) groups excluding carboxylic acids is 1. The SMILES string of the molecule is CNC(=O)Oc1c(F)c(F)c(C)c(F)c1F. The lowest BCUT2D eigenvalue weighted by molar-refractivity contribution is 0.196. The Kier molecular flexibility index (Phi) is 3.36. The molecular weight excluding hydrogens is 230 g/mol. The van der Waals surface area contributed by atoms with Gasteiger partial charge in [-0.05, 0) is 6.92 Å². The molecule has 1 amide bonds. The maximum atomic E-state index is 13.1. The van der Waals surface area contributed by atoms with E-state index in [1.54, 1.807) is 0 Å². The van der Waals surface area contributed by atoms with Crippen LogP contribution in [0.25, 0.3) is 0 Å². The number of ether oxygens (including phenoxy) is 1. The molecule has 0 saturated carbocycles. The van der Waals surface area contributed by atoms with E-state index in [1.807, 2.05) is 5.32 Å². The Morgan fingerprint density at radius 3 is 1.88 bits per heavy atom. The Bertz CT molecular complexity index is 419. The van der Waals surface area contributed by atoms with Crippen molar-refractivity contribution in [3.63, 3.8) is 0 Å².